The van der Waals surface area contributed by atoms with Gasteiger partial charge in [-0.3, -0.25) is 0 Å². The highest BCUT2D eigenvalue weighted by molar-refractivity contribution is 7.89. The largest absolute Gasteiger partial charge is 0.332 e. The predicted molar refractivity (Wildman–Crippen MR) is 93.5 cm³/mol. The number of hydrogen-bond donors (Lipinski definition) is 3. The molecule has 0 heterocycles. The Bertz CT molecular complexity index is 793. The zero-order valence-corrected chi connectivity index (χ0v) is 14.0. The molecule has 0 unspecified atom stereocenters. The van der Waals surface area contributed by atoms with E-state index in [1.807, 2.05) is 0 Å². The second-order valence-corrected chi connectivity index (χ2v) is 6.79. The molecule has 2 rings (SSSR count). The Kier molecular flexibility index (Phi) is 5.64. The van der Waals surface area contributed by atoms with Crippen LogP contribution in [0.1, 0.15) is 6.92 Å². The van der Waals surface area contributed by atoms with Crippen molar-refractivity contribution < 1.29 is 12.8 Å². The van der Waals surface area contributed by atoms with Crippen LogP contribution in [0.15, 0.2) is 53.4 Å². The third-order valence-corrected chi connectivity index (χ3v) is 4.60. The highest BCUT2D eigenvalue weighted by Gasteiger charge is 2.12. The fraction of sp³-hybridized carbons (Fsp3) is 0.133. The normalized spacial score (nSPS) is 11.0. The van der Waals surface area contributed by atoms with Gasteiger partial charge in [0.2, 0.25) is 10.0 Å². The standard InChI is InChI=1S/C15H16FN3O2S2/c1-2-17-23(20,21)14-8-6-12(7-9-14)18-15(22)19-13-5-3-4-11(16)10-13/h3-10,17H,2H2,1H3,(H2,18,19,22). The first-order chi connectivity index (χ1) is 10.9. The zero-order valence-electron chi connectivity index (χ0n) is 12.3. The zero-order chi connectivity index (χ0) is 16.9. The lowest BCUT2D eigenvalue weighted by Crippen LogP contribution is -2.23. The maximum absolute atomic E-state index is 13.1. The van der Waals surface area contributed by atoms with Crippen molar-refractivity contribution in [3.63, 3.8) is 0 Å². The average Bonchev–Trinajstić information content (AvgIpc) is 2.47. The number of nitrogens with one attached hydrogen (secondary N) is 3. The van der Waals surface area contributed by atoms with Crippen molar-refractivity contribution >= 4 is 38.7 Å². The molecule has 0 aromatic heterocycles. The van der Waals surface area contributed by atoms with Gasteiger partial charge in [0.1, 0.15) is 5.82 Å². The topological polar surface area (TPSA) is 70.2 Å². The molecule has 0 amide bonds. The molecule has 5 nitrogen and oxygen atoms in total. The van der Waals surface area contributed by atoms with Gasteiger partial charge in [-0.1, -0.05) is 13.0 Å². The third kappa shape index (κ3) is 4.98. The fourth-order valence-corrected chi connectivity index (χ4v) is 3.13. The first-order valence-corrected chi connectivity index (χ1v) is 8.73. The van der Waals surface area contributed by atoms with Crippen molar-refractivity contribution in [3.8, 4) is 0 Å². The number of anilines is 2. The van der Waals surface area contributed by atoms with Gasteiger partial charge in [0, 0.05) is 17.9 Å². The molecule has 0 aliphatic carbocycles. The molecule has 2 aromatic rings. The van der Waals surface area contributed by atoms with Crippen LogP contribution in [0.5, 0.6) is 0 Å². The molecule has 3 N–H and O–H groups in total. The predicted octanol–water partition coefficient (Wildman–Crippen LogP) is 2.93. The highest BCUT2D eigenvalue weighted by Crippen LogP contribution is 2.15. The van der Waals surface area contributed by atoms with Crippen molar-refractivity contribution in [1.82, 2.24) is 4.72 Å². The van der Waals surface area contributed by atoms with E-state index in [4.69, 9.17) is 12.2 Å². The molecular weight excluding hydrogens is 337 g/mol. The number of sulfonamides is 1. The number of thiocarbonyl (C=S) groups is 1. The Hall–Kier alpha value is -2.03. The molecule has 122 valence electrons. The van der Waals surface area contributed by atoms with E-state index < -0.39 is 10.0 Å². The maximum atomic E-state index is 13.1. The van der Waals surface area contributed by atoms with Crippen molar-refractivity contribution in [2.45, 2.75) is 11.8 Å². The van der Waals surface area contributed by atoms with Gasteiger partial charge in [-0.25, -0.2) is 17.5 Å². The number of halogens is 1. The van der Waals surface area contributed by atoms with Gasteiger partial charge in [-0.05, 0) is 54.7 Å². The molecule has 0 saturated heterocycles. The van der Waals surface area contributed by atoms with Crippen LogP contribution in [-0.2, 0) is 10.0 Å². The summed E-state index contributed by atoms with van der Waals surface area (Å²) in [6.07, 6.45) is 0. The summed E-state index contributed by atoms with van der Waals surface area (Å²) in [6, 6.07) is 12.1. The molecule has 0 atom stereocenters. The summed E-state index contributed by atoms with van der Waals surface area (Å²) in [4.78, 5) is 0.175. The number of hydrogen-bond acceptors (Lipinski definition) is 3. The molecule has 0 fully saturated rings. The molecule has 23 heavy (non-hydrogen) atoms. The smallest absolute Gasteiger partial charge is 0.240 e. The summed E-state index contributed by atoms with van der Waals surface area (Å²) >= 11 is 5.13. The summed E-state index contributed by atoms with van der Waals surface area (Å²) in [5.41, 5.74) is 1.14. The highest BCUT2D eigenvalue weighted by atomic mass is 32.2. The van der Waals surface area contributed by atoms with Crippen LogP contribution >= 0.6 is 12.2 Å². The Balaban J connectivity index is 2.02. The van der Waals surface area contributed by atoms with Crippen LogP contribution in [0, 0.1) is 5.82 Å². The lowest BCUT2D eigenvalue weighted by Gasteiger charge is -2.11. The summed E-state index contributed by atoms with van der Waals surface area (Å²) in [5, 5.41) is 6.03. The molecule has 8 heteroatoms. The lowest BCUT2D eigenvalue weighted by molar-refractivity contribution is 0.584. The molecule has 0 aliphatic heterocycles. The van der Waals surface area contributed by atoms with E-state index in [1.165, 1.54) is 24.3 Å². The quantitative estimate of drug-likeness (QED) is 0.721. The number of rotatable bonds is 5. The van der Waals surface area contributed by atoms with Crippen molar-refractivity contribution in [3.05, 3.63) is 54.3 Å². The minimum atomic E-state index is -3.48. The van der Waals surface area contributed by atoms with E-state index in [2.05, 4.69) is 15.4 Å². The van der Waals surface area contributed by atoms with E-state index >= 15 is 0 Å². The SMILES string of the molecule is CCNS(=O)(=O)c1ccc(NC(=S)Nc2cccc(F)c2)cc1. The van der Waals surface area contributed by atoms with E-state index in [0.717, 1.165) is 0 Å². The van der Waals surface area contributed by atoms with Crippen LogP contribution in [0.4, 0.5) is 15.8 Å². The van der Waals surface area contributed by atoms with Gasteiger partial charge in [-0.2, -0.15) is 0 Å². The second kappa shape index (κ2) is 7.49. The van der Waals surface area contributed by atoms with Gasteiger partial charge in [0.05, 0.1) is 4.90 Å². The van der Waals surface area contributed by atoms with Crippen molar-refractivity contribution in [2.24, 2.45) is 0 Å². The van der Waals surface area contributed by atoms with Crippen molar-refractivity contribution in [1.29, 1.82) is 0 Å². The molecule has 0 saturated carbocycles. The minimum Gasteiger partial charge on any atom is -0.332 e. The van der Waals surface area contributed by atoms with Crippen molar-refractivity contribution in [2.75, 3.05) is 17.2 Å². The fourth-order valence-electron chi connectivity index (χ4n) is 1.85. The van der Waals surface area contributed by atoms with Gasteiger partial charge in [-0.15, -0.1) is 0 Å². The van der Waals surface area contributed by atoms with E-state index in [-0.39, 0.29) is 15.8 Å². The Morgan fingerprint density at radius 2 is 1.74 bits per heavy atom. The minimum absolute atomic E-state index is 0.175. The second-order valence-electron chi connectivity index (χ2n) is 4.62. The van der Waals surface area contributed by atoms with Crippen LogP contribution in [-0.4, -0.2) is 20.1 Å². The van der Waals surface area contributed by atoms with Crippen LogP contribution in [0.2, 0.25) is 0 Å². The molecular formula is C15H16FN3O2S2. The molecule has 0 aliphatic rings. The van der Waals surface area contributed by atoms with Gasteiger partial charge >= 0.3 is 0 Å². The first-order valence-electron chi connectivity index (χ1n) is 6.84. The summed E-state index contributed by atoms with van der Waals surface area (Å²) in [5.74, 6) is -0.365. The van der Waals surface area contributed by atoms with Gasteiger partial charge in [0.25, 0.3) is 0 Å². The van der Waals surface area contributed by atoms with Gasteiger partial charge < -0.3 is 10.6 Å². The number of benzene rings is 2. The average molecular weight is 353 g/mol. The summed E-state index contributed by atoms with van der Waals surface area (Å²) < 4.78 is 39.2. The monoisotopic (exact) mass is 353 g/mol. The maximum Gasteiger partial charge on any atom is 0.240 e. The molecule has 0 bridgehead atoms. The summed E-state index contributed by atoms with van der Waals surface area (Å²) in [6.45, 7) is 2.04. The van der Waals surface area contributed by atoms with E-state index in [0.29, 0.717) is 17.9 Å². The van der Waals surface area contributed by atoms with Crippen LogP contribution in [0.25, 0.3) is 0 Å². The molecule has 0 radical (unpaired) electrons. The van der Waals surface area contributed by atoms with E-state index in [1.54, 1.807) is 31.2 Å². The van der Waals surface area contributed by atoms with Gasteiger partial charge in [0.15, 0.2) is 5.11 Å². The van der Waals surface area contributed by atoms with Crippen LogP contribution in [0.3, 0.4) is 0 Å². The lowest BCUT2D eigenvalue weighted by atomic mass is 10.3. The Morgan fingerprint density at radius 3 is 2.35 bits per heavy atom. The molecule has 2 aromatic carbocycles. The summed E-state index contributed by atoms with van der Waals surface area (Å²) in [7, 11) is -3.48. The first kappa shape index (κ1) is 17.3. The van der Waals surface area contributed by atoms with E-state index in [9.17, 15) is 12.8 Å². The Morgan fingerprint density at radius 1 is 1.09 bits per heavy atom. The van der Waals surface area contributed by atoms with Crippen LogP contribution < -0.4 is 15.4 Å². The third-order valence-electron chi connectivity index (χ3n) is 2.84. The Labute approximate surface area is 140 Å². The molecule has 0 spiro atoms.